The van der Waals surface area contributed by atoms with Gasteiger partial charge in [-0.25, -0.2) is 4.79 Å². The van der Waals surface area contributed by atoms with Crippen LogP contribution < -0.4 is 11.2 Å². The quantitative estimate of drug-likeness (QED) is 0.777. The summed E-state index contributed by atoms with van der Waals surface area (Å²) in [5, 5.41) is 12.9. The Labute approximate surface area is 113 Å². The summed E-state index contributed by atoms with van der Waals surface area (Å²) < 4.78 is 7.57. The van der Waals surface area contributed by atoms with Gasteiger partial charge in [-0.2, -0.15) is 5.26 Å². The Kier molecular flexibility index (Phi) is 2.79. The molecule has 20 heavy (non-hydrogen) atoms. The highest BCUT2D eigenvalue weighted by molar-refractivity contribution is 5.33. The second kappa shape index (κ2) is 4.49. The predicted molar refractivity (Wildman–Crippen MR) is 68.3 cm³/mol. The van der Waals surface area contributed by atoms with E-state index in [-0.39, 0.29) is 12.1 Å². The van der Waals surface area contributed by atoms with Crippen molar-refractivity contribution >= 4 is 0 Å². The van der Waals surface area contributed by atoms with Crippen LogP contribution in [0.25, 0.3) is 0 Å². The van der Waals surface area contributed by atoms with Gasteiger partial charge in [0.1, 0.15) is 11.6 Å². The van der Waals surface area contributed by atoms with Gasteiger partial charge in [0, 0.05) is 18.3 Å². The Morgan fingerprint density at radius 1 is 1.50 bits per heavy atom. The highest BCUT2D eigenvalue weighted by Gasteiger charge is 2.23. The van der Waals surface area contributed by atoms with Gasteiger partial charge in [0.2, 0.25) is 0 Å². The van der Waals surface area contributed by atoms with Crippen LogP contribution in [-0.2, 0) is 19.5 Å². The Morgan fingerprint density at radius 3 is 2.95 bits per heavy atom. The molecule has 0 fully saturated rings. The molecule has 3 rings (SSSR count). The Bertz CT molecular complexity index is 835. The molecule has 3 heterocycles. The predicted octanol–water partition coefficient (Wildman–Crippen LogP) is 0.173. The molecule has 1 aliphatic rings. The number of rotatable bonds is 2. The molecule has 0 bridgehead atoms. The minimum Gasteiger partial charge on any atom is -0.359 e. The molecule has 102 valence electrons. The summed E-state index contributed by atoms with van der Waals surface area (Å²) >= 11 is 0. The topological polar surface area (TPSA) is 93.8 Å². The van der Waals surface area contributed by atoms with Crippen molar-refractivity contribution < 1.29 is 4.52 Å². The first kappa shape index (κ1) is 12.4. The molecule has 7 heteroatoms. The third-order valence-corrected chi connectivity index (χ3v) is 3.43. The van der Waals surface area contributed by atoms with Crippen LogP contribution in [0.3, 0.4) is 0 Å². The second-order valence-corrected chi connectivity index (χ2v) is 4.80. The molecule has 2 aromatic heterocycles. The summed E-state index contributed by atoms with van der Waals surface area (Å²) in [6.45, 7) is 2.29. The molecule has 2 aromatic rings. The van der Waals surface area contributed by atoms with E-state index in [9.17, 15) is 9.59 Å². The maximum absolute atomic E-state index is 12.3. The molecule has 0 unspecified atom stereocenters. The number of hydrogen-bond acceptors (Lipinski definition) is 5. The summed E-state index contributed by atoms with van der Waals surface area (Å²) in [6.07, 6.45) is 1.37. The smallest absolute Gasteiger partial charge is 0.331 e. The second-order valence-electron chi connectivity index (χ2n) is 4.80. The van der Waals surface area contributed by atoms with Crippen molar-refractivity contribution in [2.24, 2.45) is 0 Å². The maximum atomic E-state index is 12.3. The zero-order valence-corrected chi connectivity index (χ0v) is 10.9. The lowest BCUT2D eigenvalue weighted by Gasteiger charge is -2.09. The van der Waals surface area contributed by atoms with Crippen molar-refractivity contribution in [1.82, 2.24) is 14.3 Å². The van der Waals surface area contributed by atoms with Gasteiger partial charge in [-0.05, 0) is 19.8 Å². The van der Waals surface area contributed by atoms with Gasteiger partial charge in [-0.3, -0.25) is 13.9 Å². The minimum absolute atomic E-state index is 0.00648. The van der Waals surface area contributed by atoms with E-state index < -0.39 is 11.2 Å². The first-order chi connectivity index (χ1) is 9.61. The molecule has 0 spiro atoms. The average molecular weight is 272 g/mol. The zero-order chi connectivity index (χ0) is 14.3. The Balaban J connectivity index is 2.19. The number of aryl methyl sites for hydroxylation is 1. The number of nitrogens with zero attached hydrogens (tertiary/aromatic N) is 4. The van der Waals surface area contributed by atoms with Crippen LogP contribution in [0, 0.1) is 18.3 Å². The van der Waals surface area contributed by atoms with Crippen LogP contribution in [0.4, 0.5) is 0 Å². The highest BCUT2D eigenvalue weighted by Crippen LogP contribution is 2.13. The van der Waals surface area contributed by atoms with E-state index in [1.807, 2.05) is 6.07 Å². The van der Waals surface area contributed by atoms with Crippen molar-refractivity contribution in [3.05, 3.63) is 49.6 Å². The van der Waals surface area contributed by atoms with Crippen molar-refractivity contribution in [3.8, 4) is 6.07 Å². The molecule has 0 radical (unpaired) electrons. The summed E-state index contributed by atoms with van der Waals surface area (Å²) in [5.41, 5.74) is 0.330. The minimum atomic E-state index is -0.556. The molecule has 0 atom stereocenters. The SMILES string of the molecule is Cc1cc(Cn2c(=O)c(C#N)c3n(c2=O)CCC3)on1. The molecule has 0 amide bonds. The molecule has 0 saturated carbocycles. The monoisotopic (exact) mass is 272 g/mol. The third-order valence-electron chi connectivity index (χ3n) is 3.43. The largest absolute Gasteiger partial charge is 0.359 e. The molecular weight excluding hydrogens is 260 g/mol. The lowest BCUT2D eigenvalue weighted by molar-refractivity contribution is 0.368. The molecule has 0 saturated heterocycles. The van der Waals surface area contributed by atoms with Gasteiger partial charge in [-0.15, -0.1) is 0 Å². The van der Waals surface area contributed by atoms with Crippen LogP contribution >= 0.6 is 0 Å². The van der Waals surface area contributed by atoms with Gasteiger partial charge in [0.15, 0.2) is 5.76 Å². The fourth-order valence-corrected chi connectivity index (χ4v) is 2.54. The summed E-state index contributed by atoms with van der Waals surface area (Å²) in [6, 6.07) is 3.58. The molecule has 0 aromatic carbocycles. The number of aromatic nitrogens is 3. The van der Waals surface area contributed by atoms with Crippen LogP contribution in [-0.4, -0.2) is 14.3 Å². The summed E-state index contributed by atoms with van der Waals surface area (Å²) in [7, 11) is 0. The number of hydrogen-bond donors (Lipinski definition) is 0. The van der Waals surface area contributed by atoms with E-state index in [1.165, 1.54) is 4.57 Å². The van der Waals surface area contributed by atoms with E-state index in [1.54, 1.807) is 13.0 Å². The Morgan fingerprint density at radius 2 is 2.30 bits per heavy atom. The number of nitriles is 1. The molecular formula is C13H12N4O3. The van der Waals surface area contributed by atoms with E-state index in [0.717, 1.165) is 11.0 Å². The third kappa shape index (κ3) is 1.77. The molecule has 0 aliphatic carbocycles. The molecule has 7 nitrogen and oxygen atoms in total. The first-order valence-corrected chi connectivity index (χ1v) is 6.30. The fourth-order valence-electron chi connectivity index (χ4n) is 2.54. The molecule has 0 N–H and O–H groups in total. The average Bonchev–Trinajstić information content (AvgIpc) is 3.04. The van der Waals surface area contributed by atoms with Crippen LogP contribution in [0.2, 0.25) is 0 Å². The fraction of sp³-hybridized carbons (Fsp3) is 0.385. The van der Waals surface area contributed by atoms with Gasteiger partial charge in [0.25, 0.3) is 5.56 Å². The van der Waals surface area contributed by atoms with Crippen LogP contribution in [0.5, 0.6) is 0 Å². The van der Waals surface area contributed by atoms with Gasteiger partial charge >= 0.3 is 5.69 Å². The van der Waals surface area contributed by atoms with E-state index in [4.69, 9.17) is 9.78 Å². The molecule has 1 aliphatic heterocycles. The van der Waals surface area contributed by atoms with E-state index in [0.29, 0.717) is 30.1 Å². The van der Waals surface area contributed by atoms with Crippen LogP contribution in [0.1, 0.15) is 29.1 Å². The highest BCUT2D eigenvalue weighted by atomic mass is 16.5. The van der Waals surface area contributed by atoms with Gasteiger partial charge in [0.05, 0.1) is 12.2 Å². The lowest BCUT2D eigenvalue weighted by atomic mass is 10.2. The maximum Gasteiger partial charge on any atom is 0.331 e. The van der Waals surface area contributed by atoms with Crippen molar-refractivity contribution in [1.29, 1.82) is 5.26 Å². The van der Waals surface area contributed by atoms with Crippen molar-refractivity contribution in [2.75, 3.05) is 0 Å². The van der Waals surface area contributed by atoms with Crippen molar-refractivity contribution in [2.45, 2.75) is 32.9 Å². The lowest BCUT2D eigenvalue weighted by Crippen LogP contribution is -2.41. The normalized spacial score (nSPS) is 13.2. The Hall–Kier alpha value is -2.62. The zero-order valence-electron chi connectivity index (χ0n) is 10.9. The van der Waals surface area contributed by atoms with Gasteiger partial charge < -0.3 is 4.52 Å². The van der Waals surface area contributed by atoms with E-state index >= 15 is 0 Å². The standard InChI is InChI=1S/C13H12N4O3/c1-8-5-9(20-15-8)7-17-12(18)10(6-14)11-3-2-4-16(11)13(17)19/h5H,2-4,7H2,1H3. The summed E-state index contributed by atoms with van der Waals surface area (Å²) in [5.74, 6) is 0.420. The van der Waals surface area contributed by atoms with Crippen LogP contribution in [0.15, 0.2) is 20.2 Å². The van der Waals surface area contributed by atoms with Crippen molar-refractivity contribution in [3.63, 3.8) is 0 Å². The number of fused-ring (bicyclic) bond motifs is 1. The van der Waals surface area contributed by atoms with E-state index in [2.05, 4.69) is 5.16 Å². The van der Waals surface area contributed by atoms with Gasteiger partial charge in [-0.1, -0.05) is 5.16 Å². The first-order valence-electron chi connectivity index (χ1n) is 6.30. The summed E-state index contributed by atoms with van der Waals surface area (Å²) in [4.78, 5) is 24.6.